The third-order valence-corrected chi connectivity index (χ3v) is 5.68. The van der Waals surface area contributed by atoms with Crippen molar-refractivity contribution in [1.29, 1.82) is 5.26 Å². The van der Waals surface area contributed by atoms with Gasteiger partial charge < -0.3 is 4.90 Å². The molecule has 3 heterocycles. The van der Waals surface area contributed by atoms with E-state index in [1.54, 1.807) is 12.1 Å². The molecule has 0 bridgehead atoms. The first-order valence-corrected chi connectivity index (χ1v) is 9.06. The number of ketones is 1. The number of carbonyl (C=O) groups is 1. The van der Waals surface area contributed by atoms with Crippen molar-refractivity contribution < 1.29 is 9.72 Å². The summed E-state index contributed by atoms with van der Waals surface area (Å²) in [7, 11) is 0. The smallest absolute Gasteiger partial charge is 0.269 e. The molecule has 0 N–H and O–H groups in total. The van der Waals surface area contributed by atoms with E-state index in [0.717, 1.165) is 45.3 Å². The zero-order valence-corrected chi connectivity index (χ0v) is 14.4. The molecule has 26 heavy (non-hydrogen) atoms. The van der Waals surface area contributed by atoms with Crippen LogP contribution < -0.4 is 0 Å². The maximum absolute atomic E-state index is 13.1. The predicted molar refractivity (Wildman–Crippen MR) is 94.7 cm³/mol. The Balaban J connectivity index is 1.84. The molecule has 2 atom stereocenters. The molecule has 2 saturated heterocycles. The number of carbonyl (C=O) groups excluding carboxylic acids is 1. The number of benzene rings is 1. The predicted octanol–water partition coefficient (Wildman–Crippen LogP) is 2.55. The Kier molecular flexibility index (Phi) is 4.21. The molecule has 7 heteroatoms. The molecule has 2 unspecified atom stereocenters. The van der Waals surface area contributed by atoms with Gasteiger partial charge in [-0.25, -0.2) is 0 Å². The molecule has 3 aliphatic heterocycles. The van der Waals surface area contributed by atoms with Gasteiger partial charge in [-0.3, -0.25) is 19.8 Å². The van der Waals surface area contributed by atoms with E-state index in [0.29, 0.717) is 11.3 Å². The zero-order chi connectivity index (χ0) is 18.3. The minimum absolute atomic E-state index is 0.000965. The summed E-state index contributed by atoms with van der Waals surface area (Å²) in [4.78, 5) is 28.1. The number of hydrogen-bond donors (Lipinski definition) is 0. The third kappa shape index (κ3) is 2.58. The van der Waals surface area contributed by atoms with E-state index in [-0.39, 0.29) is 29.1 Å². The van der Waals surface area contributed by atoms with E-state index in [1.807, 2.05) is 0 Å². The number of allylic oxidation sites excluding steroid dienone is 1. The van der Waals surface area contributed by atoms with Gasteiger partial charge >= 0.3 is 0 Å². The van der Waals surface area contributed by atoms with Crippen LogP contribution in [0, 0.1) is 27.4 Å². The number of nitro benzene ring substituents is 1. The lowest BCUT2D eigenvalue weighted by molar-refractivity contribution is -0.384. The van der Waals surface area contributed by atoms with Crippen molar-refractivity contribution in [2.24, 2.45) is 5.92 Å². The SMILES string of the molecule is N#CC1=C(c2ccc([N+](=O)[O-])cc2)N2CCCN3CCCCC(C1=O)C32. The van der Waals surface area contributed by atoms with Gasteiger partial charge in [0, 0.05) is 31.8 Å². The first-order valence-electron chi connectivity index (χ1n) is 9.06. The molecule has 1 aromatic rings. The Morgan fingerprint density at radius 2 is 1.85 bits per heavy atom. The van der Waals surface area contributed by atoms with Gasteiger partial charge in [0.05, 0.1) is 22.7 Å². The van der Waals surface area contributed by atoms with E-state index in [4.69, 9.17) is 0 Å². The van der Waals surface area contributed by atoms with Crippen molar-refractivity contribution in [2.75, 3.05) is 19.6 Å². The van der Waals surface area contributed by atoms with Crippen LogP contribution in [0.1, 0.15) is 31.2 Å². The largest absolute Gasteiger partial charge is 0.353 e. The van der Waals surface area contributed by atoms with E-state index < -0.39 is 4.92 Å². The summed E-state index contributed by atoms with van der Waals surface area (Å²) in [5.74, 6) is -0.231. The molecule has 0 aliphatic carbocycles. The highest BCUT2D eigenvalue weighted by Crippen LogP contribution is 2.41. The Labute approximate surface area is 151 Å². The van der Waals surface area contributed by atoms with Crippen molar-refractivity contribution in [1.82, 2.24) is 9.80 Å². The fraction of sp³-hybridized carbons (Fsp3) is 0.474. The minimum Gasteiger partial charge on any atom is -0.353 e. The van der Waals surface area contributed by atoms with E-state index in [2.05, 4.69) is 15.9 Å². The lowest BCUT2D eigenvalue weighted by Crippen LogP contribution is -2.59. The minimum atomic E-state index is -0.445. The highest BCUT2D eigenvalue weighted by molar-refractivity contribution is 6.09. The Morgan fingerprint density at radius 1 is 1.12 bits per heavy atom. The fourth-order valence-corrected chi connectivity index (χ4v) is 4.57. The molecule has 0 radical (unpaired) electrons. The van der Waals surface area contributed by atoms with Crippen LogP contribution in [0.2, 0.25) is 0 Å². The van der Waals surface area contributed by atoms with Gasteiger partial charge in [-0.2, -0.15) is 5.26 Å². The summed E-state index contributed by atoms with van der Waals surface area (Å²) in [5.41, 5.74) is 1.54. The van der Waals surface area contributed by atoms with Crippen LogP contribution >= 0.6 is 0 Å². The van der Waals surface area contributed by atoms with Crippen LogP contribution in [0.5, 0.6) is 0 Å². The molecule has 134 valence electrons. The molecule has 0 aromatic heterocycles. The van der Waals surface area contributed by atoms with Crippen molar-refractivity contribution in [3.8, 4) is 6.07 Å². The molecular weight excluding hydrogens is 332 g/mol. The summed E-state index contributed by atoms with van der Waals surface area (Å²) in [6.07, 6.45) is 3.87. The second-order valence-corrected chi connectivity index (χ2v) is 7.10. The second-order valence-electron chi connectivity index (χ2n) is 7.10. The molecular formula is C19H20N4O3. The maximum atomic E-state index is 13.1. The third-order valence-electron chi connectivity index (χ3n) is 5.68. The molecule has 0 saturated carbocycles. The van der Waals surface area contributed by atoms with Gasteiger partial charge in [0.1, 0.15) is 11.6 Å². The Morgan fingerprint density at radius 3 is 2.54 bits per heavy atom. The molecule has 0 spiro atoms. The molecule has 0 amide bonds. The highest BCUT2D eigenvalue weighted by atomic mass is 16.6. The Hall–Kier alpha value is -2.72. The molecule has 4 rings (SSSR count). The van der Waals surface area contributed by atoms with Crippen LogP contribution in [0.3, 0.4) is 0 Å². The van der Waals surface area contributed by atoms with Crippen LogP contribution in [0.25, 0.3) is 5.70 Å². The number of nitriles is 1. The van der Waals surface area contributed by atoms with Crippen LogP contribution in [-0.2, 0) is 4.79 Å². The van der Waals surface area contributed by atoms with Crippen LogP contribution in [0.15, 0.2) is 29.8 Å². The van der Waals surface area contributed by atoms with E-state index in [1.165, 1.54) is 12.1 Å². The second kappa shape index (κ2) is 6.54. The number of rotatable bonds is 2. The number of nitro groups is 1. The monoisotopic (exact) mass is 352 g/mol. The molecule has 1 aromatic carbocycles. The van der Waals surface area contributed by atoms with Crippen LogP contribution in [-0.4, -0.2) is 46.3 Å². The van der Waals surface area contributed by atoms with Gasteiger partial charge in [-0.1, -0.05) is 6.42 Å². The van der Waals surface area contributed by atoms with Gasteiger partial charge in [-0.15, -0.1) is 0 Å². The average Bonchev–Trinajstić information content (AvgIpc) is 2.88. The van der Waals surface area contributed by atoms with Gasteiger partial charge in [0.15, 0.2) is 5.78 Å². The molecule has 7 nitrogen and oxygen atoms in total. The van der Waals surface area contributed by atoms with Crippen molar-refractivity contribution in [3.63, 3.8) is 0 Å². The number of hydrogen-bond acceptors (Lipinski definition) is 6. The molecule has 2 fully saturated rings. The first-order chi connectivity index (χ1) is 12.6. The van der Waals surface area contributed by atoms with Gasteiger partial charge in [0.2, 0.25) is 0 Å². The topological polar surface area (TPSA) is 90.5 Å². The standard InChI is InChI=1S/C19H20N4O3/c20-12-16-17(13-5-7-14(8-6-13)23(25)26)22-11-3-10-21-9-2-1-4-15(18(16)24)19(21)22/h5-8,15,19H,1-4,9-11H2. The summed E-state index contributed by atoms with van der Waals surface area (Å²) < 4.78 is 0. The van der Waals surface area contributed by atoms with Gasteiger partial charge in [-0.05, 0) is 37.0 Å². The highest BCUT2D eigenvalue weighted by Gasteiger charge is 2.47. The zero-order valence-electron chi connectivity index (χ0n) is 14.4. The summed E-state index contributed by atoms with van der Waals surface area (Å²) in [6, 6.07) is 8.29. The maximum Gasteiger partial charge on any atom is 0.269 e. The van der Waals surface area contributed by atoms with E-state index in [9.17, 15) is 20.2 Å². The lowest BCUT2D eigenvalue weighted by Gasteiger charge is -2.50. The van der Waals surface area contributed by atoms with Crippen LogP contribution in [0.4, 0.5) is 5.69 Å². The van der Waals surface area contributed by atoms with Crippen molar-refractivity contribution >= 4 is 17.2 Å². The first kappa shape index (κ1) is 16.7. The summed E-state index contributed by atoms with van der Waals surface area (Å²) in [5, 5.41) is 20.6. The lowest BCUT2D eigenvalue weighted by atomic mass is 9.83. The van der Waals surface area contributed by atoms with E-state index >= 15 is 0 Å². The Bertz CT molecular complexity index is 824. The average molecular weight is 352 g/mol. The van der Waals surface area contributed by atoms with Crippen molar-refractivity contribution in [2.45, 2.75) is 31.8 Å². The normalized spacial score (nSPS) is 26.1. The molecule has 3 aliphatic rings. The van der Waals surface area contributed by atoms with Gasteiger partial charge in [0.25, 0.3) is 5.69 Å². The van der Waals surface area contributed by atoms with Crippen molar-refractivity contribution in [3.05, 3.63) is 45.5 Å². The summed E-state index contributed by atoms with van der Waals surface area (Å²) >= 11 is 0. The fourth-order valence-electron chi connectivity index (χ4n) is 4.57. The quantitative estimate of drug-likeness (QED) is 0.600. The number of non-ortho nitro benzene ring substituents is 1. The number of Topliss-reactive ketones (excluding diaryl/α,β-unsaturated/α-hetero) is 1. The summed E-state index contributed by atoms with van der Waals surface area (Å²) in [6.45, 7) is 2.74. The number of nitrogens with zero attached hydrogens (tertiary/aromatic N) is 4.